The van der Waals surface area contributed by atoms with E-state index in [1.807, 2.05) is 12.3 Å². The van der Waals surface area contributed by atoms with Crippen LogP contribution >= 0.6 is 11.8 Å². The Morgan fingerprint density at radius 2 is 1.88 bits per heavy atom. The molecule has 3 unspecified atom stereocenters. The minimum absolute atomic E-state index is 0.0716. The van der Waals surface area contributed by atoms with E-state index in [1.165, 1.54) is 56.1 Å². The predicted molar refractivity (Wildman–Crippen MR) is 174 cm³/mol. The minimum atomic E-state index is -0.0716. The first kappa shape index (κ1) is 30.7. The average molecular weight is 603 g/mol. The predicted octanol–water partition coefficient (Wildman–Crippen LogP) is 6.08. The second kappa shape index (κ2) is 13.7. The SMILES string of the molecule is CCSc1ncccc1CNC1=C(CC)CC(NCC23CC4C[C@H](C2)C(NCC2CCC(O)CC2)[C@@H](C4)C3)=C(C#N)C=N1. The number of allylic oxidation sites excluding steroid dienone is 2. The molecule has 5 saturated carbocycles. The molecule has 0 amide bonds. The molecule has 232 valence electrons. The summed E-state index contributed by atoms with van der Waals surface area (Å²) in [7, 11) is 0. The molecule has 0 radical (unpaired) electrons. The molecule has 0 aromatic carbocycles. The lowest BCUT2D eigenvalue weighted by molar-refractivity contribution is -0.0752. The third-order valence-electron chi connectivity index (χ3n) is 11.0. The van der Waals surface area contributed by atoms with Gasteiger partial charge in [0.15, 0.2) is 0 Å². The van der Waals surface area contributed by atoms with Crippen molar-refractivity contribution in [1.29, 1.82) is 5.26 Å². The van der Waals surface area contributed by atoms with Gasteiger partial charge >= 0.3 is 0 Å². The summed E-state index contributed by atoms with van der Waals surface area (Å²) in [6.07, 6.45) is 16.1. The highest BCUT2D eigenvalue weighted by atomic mass is 32.2. The van der Waals surface area contributed by atoms with Crippen molar-refractivity contribution in [2.24, 2.45) is 34.1 Å². The Kier molecular flexibility index (Phi) is 9.81. The Labute approximate surface area is 262 Å². The summed E-state index contributed by atoms with van der Waals surface area (Å²) >= 11 is 1.76. The number of aromatic nitrogens is 1. The number of rotatable bonds is 12. The van der Waals surface area contributed by atoms with Crippen LogP contribution in [0, 0.1) is 40.4 Å². The number of hydrogen-bond donors (Lipinski definition) is 4. The number of nitrogens with one attached hydrogen (secondary N) is 3. The van der Waals surface area contributed by atoms with Crippen molar-refractivity contribution in [1.82, 2.24) is 20.9 Å². The summed E-state index contributed by atoms with van der Waals surface area (Å²) in [6, 6.07) is 7.23. The third-order valence-corrected chi connectivity index (χ3v) is 12.0. The number of hydrogen-bond acceptors (Lipinski definition) is 8. The van der Waals surface area contributed by atoms with Crippen molar-refractivity contribution in [2.75, 3.05) is 18.8 Å². The highest BCUT2D eigenvalue weighted by molar-refractivity contribution is 7.99. The molecule has 1 aliphatic heterocycles. The number of thioether (sulfide) groups is 1. The van der Waals surface area contributed by atoms with E-state index in [-0.39, 0.29) is 6.10 Å². The molecule has 5 fully saturated rings. The molecule has 1 aromatic rings. The van der Waals surface area contributed by atoms with Gasteiger partial charge in [0, 0.05) is 49.2 Å². The summed E-state index contributed by atoms with van der Waals surface area (Å²) in [5.74, 6) is 5.00. The van der Waals surface area contributed by atoms with Gasteiger partial charge in [0.05, 0.1) is 11.7 Å². The first-order chi connectivity index (χ1) is 21.0. The van der Waals surface area contributed by atoms with Gasteiger partial charge in [-0.05, 0) is 117 Å². The molecule has 2 heterocycles. The van der Waals surface area contributed by atoms with E-state index in [0.29, 0.717) is 23.6 Å². The standard InChI is InChI=1S/C35H50N6OS/c1-3-25-14-31(29(18-36)21-40-33(25)39-20-26-6-5-11-37-34(26)43-4-2)41-22-35-15-24-12-27(16-35)32(28(13-24)17-35)38-19-23-7-9-30(42)10-8-23/h5-6,11,21,23-24,27-28,30,32,38-39,41-42H,3-4,7-10,12-17,19-20,22H2,1-2H3/t23?,24?,27-,28+,30?,32?,35?. The summed E-state index contributed by atoms with van der Waals surface area (Å²) in [5.41, 5.74) is 4.45. The van der Waals surface area contributed by atoms with Crippen LogP contribution in [-0.4, -0.2) is 47.3 Å². The molecule has 0 saturated heterocycles. The zero-order valence-corrected chi connectivity index (χ0v) is 26.9. The maximum Gasteiger partial charge on any atom is 0.125 e. The fraction of sp³-hybridized carbons (Fsp3) is 0.686. The zero-order chi connectivity index (χ0) is 29.8. The van der Waals surface area contributed by atoms with Crippen LogP contribution in [0.2, 0.25) is 0 Å². The first-order valence-corrected chi connectivity index (χ1v) is 17.8. The van der Waals surface area contributed by atoms with Crippen molar-refractivity contribution in [2.45, 2.75) is 108 Å². The second-order valence-electron chi connectivity index (χ2n) is 13.9. The van der Waals surface area contributed by atoms with E-state index in [0.717, 1.165) is 84.7 Å². The van der Waals surface area contributed by atoms with E-state index in [4.69, 9.17) is 4.99 Å². The van der Waals surface area contributed by atoms with E-state index in [2.05, 4.69) is 46.9 Å². The lowest BCUT2D eigenvalue weighted by Crippen LogP contribution is -2.60. The number of aliphatic hydroxyl groups excluding tert-OH is 1. The molecule has 43 heavy (non-hydrogen) atoms. The zero-order valence-electron chi connectivity index (χ0n) is 26.1. The normalized spacial score (nSPS) is 33.4. The molecule has 6 aliphatic rings. The van der Waals surface area contributed by atoms with Gasteiger partial charge in [0.2, 0.25) is 0 Å². The molecule has 7 nitrogen and oxygen atoms in total. The molecule has 0 spiro atoms. The van der Waals surface area contributed by atoms with Gasteiger partial charge in [-0.15, -0.1) is 11.8 Å². The highest BCUT2D eigenvalue weighted by Crippen LogP contribution is 2.60. The molecular formula is C35H50N6OS. The largest absolute Gasteiger partial charge is 0.393 e. The number of aliphatic imine (C=N–C) groups is 1. The summed E-state index contributed by atoms with van der Waals surface area (Å²) in [4.78, 5) is 9.35. The molecule has 8 heteroatoms. The molecule has 4 N–H and O–H groups in total. The number of nitriles is 1. The Morgan fingerprint density at radius 1 is 1.09 bits per heavy atom. The summed E-state index contributed by atoms with van der Waals surface area (Å²) in [6.45, 7) is 7.09. The Bertz CT molecular complexity index is 1260. The van der Waals surface area contributed by atoms with Crippen molar-refractivity contribution in [3.8, 4) is 6.07 Å². The molecular weight excluding hydrogens is 552 g/mol. The van der Waals surface area contributed by atoms with Crippen LogP contribution < -0.4 is 16.0 Å². The number of nitrogens with zero attached hydrogens (tertiary/aromatic N) is 3. The van der Waals surface area contributed by atoms with E-state index >= 15 is 0 Å². The smallest absolute Gasteiger partial charge is 0.125 e. The maximum absolute atomic E-state index is 10.1. The van der Waals surface area contributed by atoms with Crippen molar-refractivity contribution < 1.29 is 5.11 Å². The topological polar surface area (TPSA) is 105 Å². The number of pyridine rings is 1. The monoisotopic (exact) mass is 602 g/mol. The van der Waals surface area contributed by atoms with Gasteiger partial charge < -0.3 is 21.1 Å². The van der Waals surface area contributed by atoms with Crippen LogP contribution in [0.5, 0.6) is 0 Å². The van der Waals surface area contributed by atoms with Gasteiger partial charge in [-0.2, -0.15) is 5.26 Å². The summed E-state index contributed by atoms with van der Waals surface area (Å²) < 4.78 is 0. The third kappa shape index (κ3) is 7.00. The van der Waals surface area contributed by atoms with E-state index in [1.54, 1.807) is 18.0 Å². The van der Waals surface area contributed by atoms with Crippen LogP contribution in [0.1, 0.15) is 90.0 Å². The van der Waals surface area contributed by atoms with Gasteiger partial charge in [0.1, 0.15) is 16.9 Å². The number of aliphatic hydroxyl groups is 1. The first-order valence-electron chi connectivity index (χ1n) is 16.8. The van der Waals surface area contributed by atoms with Gasteiger partial charge in [-0.1, -0.05) is 19.9 Å². The van der Waals surface area contributed by atoms with Gasteiger partial charge in [-0.25, -0.2) is 9.98 Å². The quantitative estimate of drug-likeness (QED) is 0.215. The Hall–Kier alpha value is -2.34. The molecule has 1 aromatic heterocycles. The lowest BCUT2D eigenvalue weighted by atomic mass is 9.48. The van der Waals surface area contributed by atoms with Crippen LogP contribution in [0.15, 0.2) is 51.0 Å². The molecule has 5 aliphatic carbocycles. The van der Waals surface area contributed by atoms with Crippen LogP contribution in [0.25, 0.3) is 0 Å². The lowest BCUT2D eigenvalue weighted by Gasteiger charge is -2.60. The second-order valence-corrected chi connectivity index (χ2v) is 15.2. The van der Waals surface area contributed by atoms with Crippen LogP contribution in [0.3, 0.4) is 0 Å². The molecule has 7 rings (SSSR count). The average Bonchev–Trinajstić information content (AvgIpc) is 3.18. The van der Waals surface area contributed by atoms with Gasteiger partial charge in [-0.3, -0.25) is 0 Å². The minimum Gasteiger partial charge on any atom is -0.393 e. The van der Waals surface area contributed by atoms with Crippen molar-refractivity contribution in [3.63, 3.8) is 0 Å². The van der Waals surface area contributed by atoms with E-state index in [9.17, 15) is 10.4 Å². The van der Waals surface area contributed by atoms with Crippen LogP contribution in [0.4, 0.5) is 0 Å². The highest BCUT2D eigenvalue weighted by Gasteiger charge is 2.55. The Balaban J connectivity index is 1.09. The fourth-order valence-electron chi connectivity index (χ4n) is 9.10. The maximum atomic E-state index is 10.1. The Morgan fingerprint density at radius 3 is 2.60 bits per heavy atom. The fourth-order valence-corrected chi connectivity index (χ4v) is 9.83. The van der Waals surface area contributed by atoms with Crippen LogP contribution in [-0.2, 0) is 6.54 Å². The van der Waals surface area contributed by atoms with Crippen molar-refractivity contribution >= 4 is 18.0 Å². The van der Waals surface area contributed by atoms with Gasteiger partial charge in [0.25, 0.3) is 0 Å². The van der Waals surface area contributed by atoms with Crippen molar-refractivity contribution in [3.05, 3.63) is 46.6 Å². The molecule has 5 atom stereocenters. The summed E-state index contributed by atoms with van der Waals surface area (Å²) in [5, 5.41) is 32.6. The van der Waals surface area contributed by atoms with E-state index < -0.39 is 0 Å². The molecule has 4 bridgehead atoms.